The Bertz CT molecular complexity index is 145. The van der Waals surface area contributed by atoms with Gasteiger partial charge in [-0.3, -0.25) is 0 Å². The fraction of sp³-hybridized carbons (Fsp3) is 1.00. The van der Waals surface area contributed by atoms with E-state index in [0.717, 1.165) is 45.2 Å². The van der Waals surface area contributed by atoms with Gasteiger partial charge in [0.1, 0.15) is 0 Å². The molecule has 0 bridgehead atoms. The zero-order valence-electron chi connectivity index (χ0n) is 7.41. The summed E-state index contributed by atoms with van der Waals surface area (Å²) in [4.78, 5) is 2.35. The highest BCUT2D eigenvalue weighted by Crippen LogP contribution is 2.17. The van der Waals surface area contributed by atoms with Crippen LogP contribution in [-0.2, 0) is 4.74 Å². The van der Waals surface area contributed by atoms with E-state index >= 15 is 0 Å². The molecule has 0 aliphatic carbocycles. The Balaban J connectivity index is 1.72. The average Bonchev–Trinajstić information content (AvgIpc) is 2.63. The Morgan fingerprint density at radius 3 is 2.92 bits per heavy atom. The first-order chi connectivity index (χ1) is 5.84. The molecule has 2 saturated heterocycles. The van der Waals surface area contributed by atoms with Crippen LogP contribution in [0.15, 0.2) is 0 Å². The minimum atomic E-state index is -0.0766. The third-order valence-electron chi connectivity index (χ3n) is 2.79. The zero-order valence-corrected chi connectivity index (χ0v) is 7.41. The molecule has 2 aliphatic heterocycles. The zero-order chi connectivity index (χ0) is 8.39. The van der Waals surface area contributed by atoms with E-state index in [-0.39, 0.29) is 6.10 Å². The maximum Gasteiger partial charge on any atom is 0.0679 e. The van der Waals surface area contributed by atoms with E-state index in [1.807, 2.05) is 0 Å². The van der Waals surface area contributed by atoms with Gasteiger partial charge in [0.25, 0.3) is 0 Å². The molecule has 12 heavy (non-hydrogen) atoms. The summed E-state index contributed by atoms with van der Waals surface area (Å²) in [6.45, 7) is 4.92. The van der Waals surface area contributed by atoms with Crippen molar-refractivity contribution in [3.05, 3.63) is 0 Å². The van der Waals surface area contributed by atoms with Crippen molar-refractivity contribution in [1.82, 2.24) is 4.90 Å². The van der Waals surface area contributed by atoms with Crippen LogP contribution in [0.3, 0.4) is 0 Å². The van der Waals surface area contributed by atoms with Crippen LogP contribution >= 0.6 is 0 Å². The molecule has 0 aromatic carbocycles. The molecule has 2 unspecified atom stereocenters. The lowest BCUT2D eigenvalue weighted by Gasteiger charge is -2.18. The van der Waals surface area contributed by atoms with Crippen molar-refractivity contribution in [2.75, 3.05) is 32.8 Å². The van der Waals surface area contributed by atoms with Crippen LogP contribution in [0.4, 0.5) is 0 Å². The van der Waals surface area contributed by atoms with Crippen molar-refractivity contribution in [1.29, 1.82) is 0 Å². The van der Waals surface area contributed by atoms with Gasteiger partial charge in [-0.2, -0.15) is 0 Å². The molecule has 2 heterocycles. The van der Waals surface area contributed by atoms with Crippen molar-refractivity contribution >= 4 is 0 Å². The SMILES string of the molecule is OC1CCN(CC2CCOC2)C1. The highest BCUT2D eigenvalue weighted by atomic mass is 16.5. The van der Waals surface area contributed by atoms with E-state index in [1.165, 1.54) is 6.42 Å². The summed E-state index contributed by atoms with van der Waals surface area (Å²) in [5.41, 5.74) is 0. The summed E-state index contributed by atoms with van der Waals surface area (Å²) in [5.74, 6) is 0.718. The molecule has 0 saturated carbocycles. The minimum absolute atomic E-state index is 0.0766. The number of hydrogen-bond donors (Lipinski definition) is 1. The molecule has 0 amide bonds. The van der Waals surface area contributed by atoms with Gasteiger partial charge in [0, 0.05) is 26.2 Å². The van der Waals surface area contributed by atoms with E-state index in [0.29, 0.717) is 0 Å². The number of hydrogen-bond acceptors (Lipinski definition) is 3. The lowest BCUT2D eigenvalue weighted by molar-refractivity contribution is 0.156. The summed E-state index contributed by atoms with van der Waals surface area (Å²) in [6, 6.07) is 0. The van der Waals surface area contributed by atoms with Crippen molar-refractivity contribution in [2.24, 2.45) is 5.92 Å². The lowest BCUT2D eigenvalue weighted by atomic mass is 10.1. The van der Waals surface area contributed by atoms with E-state index in [1.54, 1.807) is 0 Å². The van der Waals surface area contributed by atoms with Gasteiger partial charge in [0.2, 0.25) is 0 Å². The molecular formula is C9H17NO2. The third-order valence-corrected chi connectivity index (χ3v) is 2.79. The van der Waals surface area contributed by atoms with E-state index < -0.39 is 0 Å². The average molecular weight is 171 g/mol. The van der Waals surface area contributed by atoms with Gasteiger partial charge in [-0.1, -0.05) is 0 Å². The van der Waals surface area contributed by atoms with Crippen LogP contribution in [0.5, 0.6) is 0 Å². The molecule has 0 aromatic heterocycles. The van der Waals surface area contributed by atoms with Crippen LogP contribution in [0, 0.1) is 5.92 Å². The summed E-state index contributed by atoms with van der Waals surface area (Å²) < 4.78 is 5.31. The molecule has 2 atom stereocenters. The molecule has 2 aliphatic rings. The summed E-state index contributed by atoms with van der Waals surface area (Å²) in [7, 11) is 0. The van der Waals surface area contributed by atoms with Crippen molar-refractivity contribution in [2.45, 2.75) is 18.9 Å². The number of aliphatic hydroxyl groups excluding tert-OH is 1. The molecule has 1 N–H and O–H groups in total. The first kappa shape index (κ1) is 8.48. The Morgan fingerprint density at radius 1 is 1.42 bits per heavy atom. The van der Waals surface area contributed by atoms with Crippen molar-refractivity contribution in [3.63, 3.8) is 0 Å². The van der Waals surface area contributed by atoms with Crippen molar-refractivity contribution < 1.29 is 9.84 Å². The van der Waals surface area contributed by atoms with E-state index in [4.69, 9.17) is 4.74 Å². The quantitative estimate of drug-likeness (QED) is 0.639. The second kappa shape index (κ2) is 3.73. The Hall–Kier alpha value is -0.120. The minimum Gasteiger partial charge on any atom is -0.392 e. The number of ether oxygens (including phenoxy) is 1. The topological polar surface area (TPSA) is 32.7 Å². The van der Waals surface area contributed by atoms with Crippen LogP contribution in [-0.4, -0.2) is 49.0 Å². The summed E-state index contributed by atoms with van der Waals surface area (Å²) >= 11 is 0. The van der Waals surface area contributed by atoms with Crippen LogP contribution in [0.25, 0.3) is 0 Å². The van der Waals surface area contributed by atoms with Gasteiger partial charge >= 0.3 is 0 Å². The van der Waals surface area contributed by atoms with Gasteiger partial charge in [0.15, 0.2) is 0 Å². The molecule has 0 aromatic rings. The number of rotatable bonds is 2. The molecule has 0 radical (unpaired) electrons. The molecule has 3 nitrogen and oxygen atoms in total. The van der Waals surface area contributed by atoms with E-state index in [2.05, 4.69) is 4.90 Å². The number of β-amino-alcohol motifs (C(OH)–C–C–N with tert-alkyl or cyclic N) is 1. The summed E-state index contributed by atoms with van der Waals surface area (Å²) in [6.07, 6.45) is 2.08. The van der Waals surface area contributed by atoms with Gasteiger partial charge in [-0.05, 0) is 18.8 Å². The smallest absolute Gasteiger partial charge is 0.0679 e. The maximum absolute atomic E-state index is 9.30. The second-order valence-electron chi connectivity index (χ2n) is 3.93. The van der Waals surface area contributed by atoms with Gasteiger partial charge in [-0.25, -0.2) is 0 Å². The van der Waals surface area contributed by atoms with Gasteiger partial charge in [0.05, 0.1) is 12.7 Å². The standard InChI is InChI=1S/C9H17NO2/c11-9-1-3-10(6-9)5-8-2-4-12-7-8/h8-9,11H,1-7H2. The van der Waals surface area contributed by atoms with Crippen molar-refractivity contribution in [3.8, 4) is 0 Å². The lowest BCUT2D eigenvalue weighted by Crippen LogP contribution is -2.28. The normalized spacial score (nSPS) is 37.8. The highest BCUT2D eigenvalue weighted by molar-refractivity contribution is 4.77. The van der Waals surface area contributed by atoms with Crippen LogP contribution in [0.1, 0.15) is 12.8 Å². The predicted molar refractivity (Wildman–Crippen MR) is 46.0 cm³/mol. The van der Waals surface area contributed by atoms with Gasteiger partial charge in [-0.15, -0.1) is 0 Å². The predicted octanol–water partition coefficient (Wildman–Crippen LogP) is 0.0895. The first-order valence-electron chi connectivity index (χ1n) is 4.83. The molecule has 0 spiro atoms. The Kier molecular flexibility index (Phi) is 2.63. The molecular weight excluding hydrogens is 154 g/mol. The Labute approximate surface area is 73.3 Å². The number of nitrogens with zero attached hydrogens (tertiary/aromatic N) is 1. The highest BCUT2D eigenvalue weighted by Gasteiger charge is 2.24. The van der Waals surface area contributed by atoms with Crippen LogP contribution in [0.2, 0.25) is 0 Å². The fourth-order valence-corrected chi connectivity index (χ4v) is 2.07. The molecule has 2 rings (SSSR count). The third kappa shape index (κ3) is 1.97. The summed E-state index contributed by atoms with van der Waals surface area (Å²) in [5, 5.41) is 9.30. The monoisotopic (exact) mass is 171 g/mol. The largest absolute Gasteiger partial charge is 0.392 e. The Morgan fingerprint density at radius 2 is 2.33 bits per heavy atom. The number of likely N-dealkylation sites (tertiary alicyclic amines) is 1. The van der Waals surface area contributed by atoms with Crippen LogP contribution < -0.4 is 0 Å². The molecule has 70 valence electrons. The van der Waals surface area contributed by atoms with Gasteiger partial charge < -0.3 is 14.7 Å². The second-order valence-corrected chi connectivity index (χ2v) is 3.93. The fourth-order valence-electron chi connectivity index (χ4n) is 2.07. The number of aliphatic hydroxyl groups is 1. The molecule has 2 fully saturated rings. The first-order valence-corrected chi connectivity index (χ1v) is 4.83. The van der Waals surface area contributed by atoms with E-state index in [9.17, 15) is 5.11 Å². The maximum atomic E-state index is 9.30. The molecule has 3 heteroatoms.